The molecule has 0 aliphatic carbocycles. The summed E-state index contributed by atoms with van der Waals surface area (Å²) in [7, 11) is 0. The lowest BCUT2D eigenvalue weighted by Gasteiger charge is -2.00. The van der Waals surface area contributed by atoms with Crippen LogP contribution in [-0.4, -0.2) is 4.98 Å². The minimum atomic E-state index is 0.334. The fourth-order valence-corrected chi connectivity index (χ4v) is 1.39. The fraction of sp³-hybridized carbons (Fsp3) is 0. The van der Waals surface area contributed by atoms with E-state index in [1.807, 2.05) is 6.07 Å². The quantitative estimate of drug-likeness (QED) is 0.397. The molecular weight excluding hydrogens is 190 g/mol. The molecule has 0 unspecified atom stereocenters. The highest BCUT2D eigenvalue weighted by atomic mass is 15.1. The van der Waals surface area contributed by atoms with E-state index in [0.29, 0.717) is 22.2 Å². The van der Waals surface area contributed by atoms with Crippen LogP contribution in [0, 0.1) is 11.3 Å². The number of rotatable bonds is 1. The molecular formula is C10H5N5. The predicted octanol–water partition coefficient (Wildman–Crippen LogP) is 3.05. The summed E-state index contributed by atoms with van der Waals surface area (Å²) in [6, 6.07) is 8.85. The van der Waals surface area contributed by atoms with Crippen molar-refractivity contribution in [2.45, 2.75) is 0 Å². The first kappa shape index (κ1) is 9.00. The highest BCUT2D eigenvalue weighted by Gasteiger charge is 2.05. The van der Waals surface area contributed by atoms with Crippen LogP contribution in [0.2, 0.25) is 0 Å². The van der Waals surface area contributed by atoms with Gasteiger partial charge in [0, 0.05) is 16.5 Å². The van der Waals surface area contributed by atoms with E-state index in [2.05, 4.69) is 15.0 Å². The maximum Gasteiger partial charge on any atom is 0.100 e. The summed E-state index contributed by atoms with van der Waals surface area (Å²) in [5.41, 5.74) is 9.75. The number of pyridine rings is 1. The van der Waals surface area contributed by atoms with Gasteiger partial charge in [0.2, 0.25) is 0 Å². The predicted molar refractivity (Wildman–Crippen MR) is 55.3 cm³/mol. The summed E-state index contributed by atoms with van der Waals surface area (Å²) >= 11 is 0. The second-order valence-electron chi connectivity index (χ2n) is 2.83. The van der Waals surface area contributed by atoms with E-state index in [0.717, 1.165) is 0 Å². The molecule has 0 N–H and O–H groups in total. The monoisotopic (exact) mass is 195 g/mol. The summed E-state index contributed by atoms with van der Waals surface area (Å²) in [5.74, 6) is 0. The first-order valence-electron chi connectivity index (χ1n) is 4.20. The lowest BCUT2D eigenvalue weighted by Crippen LogP contribution is -1.82. The number of benzene rings is 1. The Morgan fingerprint density at radius 3 is 3.00 bits per heavy atom. The first-order valence-corrected chi connectivity index (χ1v) is 4.20. The number of hydrogen-bond acceptors (Lipinski definition) is 3. The molecule has 0 fully saturated rings. The lowest BCUT2D eigenvalue weighted by atomic mass is 10.1. The molecule has 0 aliphatic heterocycles. The van der Waals surface area contributed by atoms with Crippen LogP contribution in [0.4, 0.5) is 5.69 Å². The van der Waals surface area contributed by atoms with Crippen LogP contribution in [0.1, 0.15) is 5.56 Å². The highest BCUT2D eigenvalue weighted by Crippen LogP contribution is 2.26. The van der Waals surface area contributed by atoms with Crippen molar-refractivity contribution in [3.63, 3.8) is 0 Å². The Balaban J connectivity index is 2.88. The van der Waals surface area contributed by atoms with Crippen LogP contribution in [0.25, 0.3) is 21.3 Å². The lowest BCUT2D eigenvalue weighted by molar-refractivity contribution is 1.38. The number of azide groups is 1. The minimum Gasteiger partial charge on any atom is -0.256 e. The molecule has 2 aromatic rings. The Kier molecular flexibility index (Phi) is 2.20. The molecule has 1 heterocycles. The van der Waals surface area contributed by atoms with Gasteiger partial charge in [0.25, 0.3) is 0 Å². The molecule has 0 spiro atoms. The second kappa shape index (κ2) is 3.66. The fourth-order valence-electron chi connectivity index (χ4n) is 1.39. The van der Waals surface area contributed by atoms with Crippen molar-refractivity contribution >= 4 is 16.6 Å². The van der Waals surface area contributed by atoms with Crippen LogP contribution in [0.3, 0.4) is 0 Å². The third-order valence-corrected chi connectivity index (χ3v) is 2.03. The Labute approximate surface area is 85.2 Å². The van der Waals surface area contributed by atoms with Crippen LogP contribution >= 0.6 is 0 Å². The van der Waals surface area contributed by atoms with E-state index in [1.165, 1.54) is 0 Å². The second-order valence-corrected chi connectivity index (χ2v) is 2.83. The molecule has 5 heteroatoms. The van der Waals surface area contributed by atoms with Gasteiger partial charge in [-0.15, -0.1) is 0 Å². The minimum absolute atomic E-state index is 0.334. The summed E-state index contributed by atoms with van der Waals surface area (Å²) in [6.07, 6.45) is 1.65. The van der Waals surface area contributed by atoms with E-state index in [4.69, 9.17) is 10.8 Å². The van der Waals surface area contributed by atoms with Crippen molar-refractivity contribution in [3.8, 4) is 6.07 Å². The van der Waals surface area contributed by atoms with Crippen molar-refractivity contribution in [1.82, 2.24) is 4.98 Å². The Bertz CT molecular complexity index is 605. The van der Waals surface area contributed by atoms with Gasteiger partial charge in [-0.3, -0.25) is 4.98 Å². The number of nitrogens with zero attached hydrogens (tertiary/aromatic N) is 5. The molecule has 0 atom stereocenters. The number of fused-ring (bicyclic) bond motifs is 1. The van der Waals surface area contributed by atoms with E-state index >= 15 is 0 Å². The largest absolute Gasteiger partial charge is 0.256 e. The third-order valence-electron chi connectivity index (χ3n) is 2.03. The summed E-state index contributed by atoms with van der Waals surface area (Å²) in [6.45, 7) is 0. The standard InChI is InChI=1S/C10H5N5/c11-6-8-7-2-1-5-13-9(7)3-4-10(8)14-15-12/h1-5H. The van der Waals surface area contributed by atoms with Crippen molar-refractivity contribution in [2.24, 2.45) is 5.11 Å². The highest BCUT2D eigenvalue weighted by molar-refractivity contribution is 5.89. The van der Waals surface area contributed by atoms with Gasteiger partial charge in [-0.05, 0) is 29.8 Å². The van der Waals surface area contributed by atoms with Gasteiger partial charge in [-0.25, -0.2) is 0 Å². The van der Waals surface area contributed by atoms with Crippen molar-refractivity contribution in [2.75, 3.05) is 0 Å². The maximum absolute atomic E-state index is 8.98. The maximum atomic E-state index is 8.98. The van der Waals surface area contributed by atoms with E-state index < -0.39 is 0 Å². The molecule has 0 radical (unpaired) electrons. The zero-order chi connectivity index (χ0) is 10.7. The van der Waals surface area contributed by atoms with Crippen LogP contribution < -0.4 is 0 Å². The molecule has 0 saturated carbocycles. The van der Waals surface area contributed by atoms with E-state index in [9.17, 15) is 0 Å². The summed E-state index contributed by atoms with van der Waals surface area (Å²) in [4.78, 5) is 6.78. The molecule has 1 aromatic carbocycles. The summed E-state index contributed by atoms with van der Waals surface area (Å²) in [5, 5.41) is 13.1. The van der Waals surface area contributed by atoms with E-state index in [-0.39, 0.29) is 0 Å². The molecule has 1 aromatic heterocycles. The molecule has 0 aliphatic rings. The Hall–Kier alpha value is -2.57. The van der Waals surface area contributed by atoms with Crippen LogP contribution in [0.5, 0.6) is 0 Å². The molecule has 70 valence electrons. The Morgan fingerprint density at radius 2 is 2.27 bits per heavy atom. The molecule has 0 bridgehead atoms. The molecule has 5 nitrogen and oxygen atoms in total. The molecule has 2 rings (SSSR count). The van der Waals surface area contributed by atoms with Gasteiger partial charge in [0.05, 0.1) is 16.8 Å². The van der Waals surface area contributed by atoms with Crippen LogP contribution in [0.15, 0.2) is 35.6 Å². The van der Waals surface area contributed by atoms with Crippen molar-refractivity contribution in [1.29, 1.82) is 5.26 Å². The number of hydrogen-bond donors (Lipinski definition) is 0. The third kappa shape index (κ3) is 1.46. The topological polar surface area (TPSA) is 85.4 Å². The molecule has 15 heavy (non-hydrogen) atoms. The zero-order valence-electron chi connectivity index (χ0n) is 7.62. The smallest absolute Gasteiger partial charge is 0.100 e. The zero-order valence-corrected chi connectivity index (χ0v) is 7.62. The van der Waals surface area contributed by atoms with Crippen LogP contribution in [-0.2, 0) is 0 Å². The molecule has 0 saturated heterocycles. The number of nitriles is 1. The van der Waals surface area contributed by atoms with Gasteiger partial charge < -0.3 is 0 Å². The average molecular weight is 195 g/mol. The van der Waals surface area contributed by atoms with Gasteiger partial charge in [-0.1, -0.05) is 5.11 Å². The molecule has 0 amide bonds. The SMILES string of the molecule is N#Cc1c(N=[N+]=[N-])ccc2ncccc12. The van der Waals surface area contributed by atoms with E-state index in [1.54, 1.807) is 30.5 Å². The van der Waals surface area contributed by atoms with Crippen molar-refractivity contribution in [3.05, 3.63) is 46.5 Å². The number of aromatic nitrogens is 1. The van der Waals surface area contributed by atoms with Gasteiger partial charge >= 0.3 is 0 Å². The van der Waals surface area contributed by atoms with Gasteiger partial charge in [0.15, 0.2) is 0 Å². The van der Waals surface area contributed by atoms with Crippen molar-refractivity contribution < 1.29 is 0 Å². The average Bonchev–Trinajstić information content (AvgIpc) is 2.29. The van der Waals surface area contributed by atoms with Gasteiger partial charge in [-0.2, -0.15) is 5.26 Å². The Morgan fingerprint density at radius 1 is 1.40 bits per heavy atom. The summed E-state index contributed by atoms with van der Waals surface area (Å²) < 4.78 is 0. The van der Waals surface area contributed by atoms with Gasteiger partial charge in [0.1, 0.15) is 6.07 Å². The normalized spacial score (nSPS) is 9.27. The first-order chi connectivity index (χ1) is 7.36.